The van der Waals surface area contributed by atoms with E-state index in [1.807, 2.05) is 0 Å². The summed E-state index contributed by atoms with van der Waals surface area (Å²) in [4.78, 5) is 19.2. The lowest BCUT2D eigenvalue weighted by Crippen LogP contribution is -2.54. The predicted octanol–water partition coefficient (Wildman–Crippen LogP) is 0.325. The smallest absolute Gasteiger partial charge is 0.254 e. The second-order valence-corrected chi connectivity index (χ2v) is 6.08. The zero-order valence-electron chi connectivity index (χ0n) is 11.2. The van der Waals surface area contributed by atoms with Gasteiger partial charge in [-0.25, -0.2) is 0 Å². The zero-order chi connectivity index (χ0) is 12.8. The fourth-order valence-electron chi connectivity index (χ4n) is 3.42. The Morgan fingerprint density at radius 2 is 2.33 bits per heavy atom. The van der Waals surface area contributed by atoms with Crippen LogP contribution < -0.4 is 10.6 Å². The summed E-state index contributed by atoms with van der Waals surface area (Å²) >= 11 is 0. The lowest BCUT2D eigenvalue weighted by atomic mass is 9.89. The first-order valence-electron chi connectivity index (χ1n) is 7.00. The number of guanidine groups is 1. The normalized spacial score (nSPS) is 37.6. The first kappa shape index (κ1) is 12.0. The molecule has 0 saturated carbocycles. The number of nitrogens with zero attached hydrogens (tertiary/aromatic N) is 2. The maximum atomic E-state index is 12.3. The van der Waals surface area contributed by atoms with Crippen LogP contribution in [-0.4, -0.2) is 48.0 Å². The van der Waals surface area contributed by atoms with Gasteiger partial charge in [0.25, 0.3) is 5.91 Å². The van der Waals surface area contributed by atoms with Crippen LogP contribution in [0.4, 0.5) is 0 Å². The second kappa shape index (κ2) is 4.23. The Hall–Kier alpha value is -1.10. The highest BCUT2D eigenvalue weighted by Crippen LogP contribution is 2.37. The van der Waals surface area contributed by atoms with Gasteiger partial charge in [-0.3, -0.25) is 20.0 Å². The maximum absolute atomic E-state index is 12.3. The molecule has 0 aromatic rings. The van der Waals surface area contributed by atoms with Gasteiger partial charge in [-0.15, -0.1) is 0 Å². The minimum atomic E-state index is -0.397. The van der Waals surface area contributed by atoms with Gasteiger partial charge in [0.2, 0.25) is 0 Å². The van der Waals surface area contributed by atoms with Crippen molar-refractivity contribution in [1.82, 2.24) is 15.5 Å². The Bertz CT molecular complexity index is 392. The second-order valence-electron chi connectivity index (χ2n) is 6.08. The molecule has 3 saturated heterocycles. The number of hydrogen-bond donors (Lipinski definition) is 2. The molecule has 3 aliphatic rings. The van der Waals surface area contributed by atoms with E-state index in [2.05, 4.69) is 34.4 Å². The number of amides is 1. The molecule has 5 nitrogen and oxygen atoms in total. The molecule has 0 aromatic heterocycles. The molecule has 0 aromatic carbocycles. The van der Waals surface area contributed by atoms with E-state index in [0.29, 0.717) is 17.9 Å². The average Bonchev–Trinajstić information content (AvgIpc) is 2.95. The Labute approximate surface area is 108 Å². The van der Waals surface area contributed by atoms with Crippen LogP contribution >= 0.6 is 0 Å². The van der Waals surface area contributed by atoms with Crippen molar-refractivity contribution in [2.45, 2.75) is 44.7 Å². The first-order valence-corrected chi connectivity index (χ1v) is 7.00. The molecule has 0 aliphatic carbocycles. The third-order valence-corrected chi connectivity index (χ3v) is 4.32. The van der Waals surface area contributed by atoms with Crippen LogP contribution in [-0.2, 0) is 4.79 Å². The molecule has 0 radical (unpaired) electrons. The molecule has 3 heterocycles. The Kier molecular flexibility index (Phi) is 2.81. The fraction of sp³-hybridized carbons (Fsp3) is 0.846. The quantitative estimate of drug-likeness (QED) is 0.742. The van der Waals surface area contributed by atoms with Crippen LogP contribution in [0.5, 0.6) is 0 Å². The molecule has 5 heteroatoms. The van der Waals surface area contributed by atoms with Crippen LogP contribution in [0.2, 0.25) is 0 Å². The summed E-state index contributed by atoms with van der Waals surface area (Å²) in [7, 11) is 0. The van der Waals surface area contributed by atoms with Crippen molar-refractivity contribution < 1.29 is 4.79 Å². The van der Waals surface area contributed by atoms with E-state index < -0.39 is 5.54 Å². The number of hydrogen-bond acceptors (Lipinski definition) is 3. The summed E-state index contributed by atoms with van der Waals surface area (Å²) in [5.41, 5.74) is -0.397. The summed E-state index contributed by atoms with van der Waals surface area (Å²) < 4.78 is 0. The minimum Gasteiger partial charge on any atom is -0.340 e. The number of rotatable bonds is 2. The molecular weight excluding hydrogens is 228 g/mol. The largest absolute Gasteiger partial charge is 0.340 e. The van der Waals surface area contributed by atoms with E-state index in [1.165, 1.54) is 6.42 Å². The Morgan fingerprint density at radius 1 is 1.50 bits per heavy atom. The molecule has 3 rings (SSSR count). The molecule has 3 fully saturated rings. The fourth-order valence-corrected chi connectivity index (χ4v) is 3.42. The molecule has 3 aliphatic heterocycles. The van der Waals surface area contributed by atoms with Crippen molar-refractivity contribution in [3.05, 3.63) is 0 Å². The lowest BCUT2D eigenvalue weighted by molar-refractivity contribution is -0.124. The van der Waals surface area contributed by atoms with Crippen molar-refractivity contribution in [3.63, 3.8) is 0 Å². The predicted molar refractivity (Wildman–Crippen MR) is 70.4 cm³/mol. The third kappa shape index (κ3) is 1.72. The van der Waals surface area contributed by atoms with E-state index in [-0.39, 0.29) is 5.91 Å². The number of fused-ring (bicyclic) bond motifs is 2. The minimum absolute atomic E-state index is 0.124. The molecule has 2 atom stereocenters. The summed E-state index contributed by atoms with van der Waals surface area (Å²) in [5, 5.41) is 6.32. The van der Waals surface area contributed by atoms with Gasteiger partial charge in [0, 0.05) is 19.1 Å². The summed E-state index contributed by atoms with van der Waals surface area (Å²) in [6.07, 6.45) is 3.24. The summed E-state index contributed by atoms with van der Waals surface area (Å²) in [6, 6.07) is 0.365. The van der Waals surface area contributed by atoms with Gasteiger partial charge in [-0.1, -0.05) is 13.8 Å². The SMILES string of the molecule is CC(C)CN=C1NC(=O)C2(CCN3CCCC32)N1. The van der Waals surface area contributed by atoms with Crippen LogP contribution in [0, 0.1) is 5.92 Å². The Morgan fingerprint density at radius 3 is 3.11 bits per heavy atom. The maximum Gasteiger partial charge on any atom is 0.254 e. The molecular formula is C13H22N4O. The number of carbonyl (C=O) groups is 1. The van der Waals surface area contributed by atoms with Crippen molar-refractivity contribution in [2.75, 3.05) is 19.6 Å². The van der Waals surface area contributed by atoms with Gasteiger partial charge < -0.3 is 5.32 Å². The van der Waals surface area contributed by atoms with E-state index in [9.17, 15) is 4.79 Å². The van der Waals surface area contributed by atoms with Crippen molar-refractivity contribution in [1.29, 1.82) is 0 Å². The van der Waals surface area contributed by atoms with Crippen LogP contribution in [0.15, 0.2) is 4.99 Å². The number of carbonyl (C=O) groups excluding carboxylic acids is 1. The van der Waals surface area contributed by atoms with Crippen LogP contribution in [0.25, 0.3) is 0 Å². The molecule has 1 amide bonds. The first-order chi connectivity index (χ1) is 8.62. The van der Waals surface area contributed by atoms with E-state index in [1.54, 1.807) is 0 Å². The Balaban J connectivity index is 1.78. The van der Waals surface area contributed by atoms with Crippen molar-refractivity contribution in [2.24, 2.45) is 10.9 Å². The molecule has 1 spiro atoms. The van der Waals surface area contributed by atoms with E-state index >= 15 is 0 Å². The zero-order valence-corrected chi connectivity index (χ0v) is 11.2. The average molecular weight is 250 g/mol. The molecule has 2 N–H and O–H groups in total. The van der Waals surface area contributed by atoms with Gasteiger partial charge in [0.15, 0.2) is 5.96 Å². The van der Waals surface area contributed by atoms with Gasteiger partial charge >= 0.3 is 0 Å². The van der Waals surface area contributed by atoms with Crippen LogP contribution in [0.3, 0.4) is 0 Å². The highest BCUT2D eigenvalue weighted by Gasteiger charge is 2.57. The lowest BCUT2D eigenvalue weighted by Gasteiger charge is -2.28. The van der Waals surface area contributed by atoms with Gasteiger partial charge in [0.1, 0.15) is 5.54 Å². The molecule has 18 heavy (non-hydrogen) atoms. The van der Waals surface area contributed by atoms with Crippen LogP contribution in [0.1, 0.15) is 33.1 Å². The third-order valence-electron chi connectivity index (χ3n) is 4.32. The highest BCUT2D eigenvalue weighted by molar-refractivity contribution is 6.09. The highest BCUT2D eigenvalue weighted by atomic mass is 16.2. The van der Waals surface area contributed by atoms with Gasteiger partial charge in [-0.05, 0) is 31.7 Å². The van der Waals surface area contributed by atoms with Gasteiger partial charge in [-0.2, -0.15) is 0 Å². The van der Waals surface area contributed by atoms with E-state index in [0.717, 1.165) is 32.5 Å². The molecule has 100 valence electrons. The molecule has 0 bridgehead atoms. The summed E-state index contributed by atoms with van der Waals surface area (Å²) in [5.74, 6) is 1.32. The van der Waals surface area contributed by atoms with Crippen molar-refractivity contribution in [3.8, 4) is 0 Å². The topological polar surface area (TPSA) is 56.7 Å². The van der Waals surface area contributed by atoms with Crippen molar-refractivity contribution >= 4 is 11.9 Å². The standard InChI is InChI=1S/C13H22N4O/c1-9(2)8-14-12-15-11(18)13(16-12)5-7-17-6-3-4-10(13)17/h9-10H,3-8H2,1-2H3,(H2,14,15,16,18). The molecule has 2 unspecified atom stereocenters. The van der Waals surface area contributed by atoms with E-state index in [4.69, 9.17) is 0 Å². The van der Waals surface area contributed by atoms with Gasteiger partial charge in [0.05, 0.1) is 0 Å². The number of nitrogens with one attached hydrogen (secondary N) is 2. The monoisotopic (exact) mass is 250 g/mol. The summed E-state index contributed by atoms with van der Waals surface area (Å²) in [6.45, 7) is 7.19. The number of aliphatic imine (C=N–C) groups is 1.